The van der Waals surface area contributed by atoms with E-state index < -0.39 is 0 Å². The molecule has 7 nitrogen and oxygen atoms in total. The predicted molar refractivity (Wildman–Crippen MR) is 106 cm³/mol. The lowest BCUT2D eigenvalue weighted by Crippen LogP contribution is -2.35. The molecule has 0 aliphatic rings. The lowest BCUT2D eigenvalue weighted by Gasteiger charge is -2.12. The van der Waals surface area contributed by atoms with Gasteiger partial charge in [0.1, 0.15) is 17.2 Å². The maximum atomic E-state index is 12.8. The molecular weight excluding hydrogens is 358 g/mol. The summed E-state index contributed by atoms with van der Waals surface area (Å²) < 4.78 is 12.4. The van der Waals surface area contributed by atoms with Crippen molar-refractivity contribution in [3.8, 4) is 28.4 Å². The standard InChI is InChI=1S/C21H23N3O4/c1-14(13-25)22-21(26)18-12-24(15-7-5-4-6-8-15)23-20(18)17-10-9-16(27-2)11-19(17)28-3/h4-12,14,25H,13H2,1-3H3,(H,22,26). The molecule has 0 saturated carbocycles. The zero-order chi connectivity index (χ0) is 20.1. The van der Waals surface area contributed by atoms with Gasteiger partial charge in [0, 0.05) is 23.9 Å². The van der Waals surface area contributed by atoms with Crippen LogP contribution in [0.3, 0.4) is 0 Å². The second-order valence-electron chi connectivity index (χ2n) is 6.29. The van der Waals surface area contributed by atoms with Crippen molar-refractivity contribution in [2.45, 2.75) is 13.0 Å². The fourth-order valence-electron chi connectivity index (χ4n) is 2.79. The van der Waals surface area contributed by atoms with Gasteiger partial charge < -0.3 is 19.9 Å². The molecule has 146 valence electrons. The Morgan fingerprint density at radius 3 is 2.57 bits per heavy atom. The third kappa shape index (κ3) is 3.99. The molecule has 1 aromatic heterocycles. The highest BCUT2D eigenvalue weighted by Crippen LogP contribution is 2.34. The third-order valence-electron chi connectivity index (χ3n) is 4.29. The van der Waals surface area contributed by atoms with Crippen molar-refractivity contribution in [1.29, 1.82) is 0 Å². The number of aliphatic hydroxyl groups is 1. The van der Waals surface area contributed by atoms with E-state index in [2.05, 4.69) is 10.4 Å². The van der Waals surface area contributed by atoms with Crippen LogP contribution in [0, 0.1) is 0 Å². The van der Waals surface area contributed by atoms with E-state index in [9.17, 15) is 9.90 Å². The van der Waals surface area contributed by atoms with E-state index in [1.807, 2.05) is 36.4 Å². The number of carbonyl (C=O) groups is 1. The second kappa shape index (κ2) is 8.58. The summed E-state index contributed by atoms with van der Waals surface area (Å²) >= 11 is 0. The monoisotopic (exact) mass is 381 g/mol. The molecule has 2 N–H and O–H groups in total. The van der Waals surface area contributed by atoms with Gasteiger partial charge in [-0.3, -0.25) is 4.79 Å². The number of ether oxygens (including phenoxy) is 2. The number of hydrogen-bond acceptors (Lipinski definition) is 5. The molecule has 1 heterocycles. The lowest BCUT2D eigenvalue weighted by atomic mass is 10.1. The number of amides is 1. The average Bonchev–Trinajstić information content (AvgIpc) is 3.19. The van der Waals surface area contributed by atoms with Crippen molar-refractivity contribution in [2.75, 3.05) is 20.8 Å². The van der Waals surface area contributed by atoms with E-state index in [1.54, 1.807) is 44.2 Å². The van der Waals surface area contributed by atoms with Crippen LogP contribution in [0.5, 0.6) is 11.5 Å². The summed E-state index contributed by atoms with van der Waals surface area (Å²) in [5.74, 6) is 0.863. The second-order valence-corrected chi connectivity index (χ2v) is 6.29. The molecule has 0 spiro atoms. The molecule has 0 aliphatic carbocycles. The van der Waals surface area contributed by atoms with E-state index in [4.69, 9.17) is 9.47 Å². The summed E-state index contributed by atoms with van der Waals surface area (Å²) in [5, 5.41) is 16.7. The Morgan fingerprint density at radius 1 is 1.18 bits per heavy atom. The third-order valence-corrected chi connectivity index (χ3v) is 4.29. The number of carbonyl (C=O) groups excluding carboxylic acids is 1. The number of benzene rings is 2. The number of aromatic nitrogens is 2. The van der Waals surface area contributed by atoms with Crippen LogP contribution in [0.4, 0.5) is 0 Å². The van der Waals surface area contributed by atoms with Crippen LogP contribution in [0.2, 0.25) is 0 Å². The molecule has 1 amide bonds. The van der Waals surface area contributed by atoms with Gasteiger partial charge >= 0.3 is 0 Å². The molecule has 3 aromatic rings. The van der Waals surface area contributed by atoms with Crippen LogP contribution in [-0.2, 0) is 0 Å². The molecular formula is C21H23N3O4. The highest BCUT2D eigenvalue weighted by molar-refractivity contribution is 6.00. The molecule has 1 unspecified atom stereocenters. The summed E-state index contributed by atoms with van der Waals surface area (Å²) in [6, 6.07) is 14.5. The van der Waals surface area contributed by atoms with Gasteiger partial charge in [-0.05, 0) is 31.2 Å². The Balaban J connectivity index is 2.13. The van der Waals surface area contributed by atoms with Crippen molar-refractivity contribution >= 4 is 5.91 Å². The zero-order valence-electron chi connectivity index (χ0n) is 16.0. The number of aliphatic hydroxyl groups excluding tert-OH is 1. The minimum atomic E-state index is -0.377. The van der Waals surface area contributed by atoms with E-state index in [-0.39, 0.29) is 18.6 Å². The number of nitrogens with zero attached hydrogens (tertiary/aromatic N) is 2. The Kier molecular flexibility index (Phi) is 5.96. The SMILES string of the molecule is COc1ccc(-c2nn(-c3ccccc3)cc2C(=O)NC(C)CO)c(OC)c1. The number of rotatable bonds is 7. The smallest absolute Gasteiger partial charge is 0.255 e. The molecule has 7 heteroatoms. The summed E-state index contributed by atoms with van der Waals surface area (Å²) in [6.45, 7) is 1.58. The summed E-state index contributed by atoms with van der Waals surface area (Å²) in [7, 11) is 3.13. The van der Waals surface area contributed by atoms with E-state index in [1.165, 1.54) is 0 Å². The van der Waals surface area contributed by atoms with Gasteiger partial charge in [0.25, 0.3) is 5.91 Å². The van der Waals surface area contributed by atoms with Crippen molar-refractivity contribution in [3.63, 3.8) is 0 Å². The van der Waals surface area contributed by atoms with Crippen LogP contribution in [-0.4, -0.2) is 47.7 Å². The van der Waals surface area contributed by atoms with Crippen molar-refractivity contribution < 1.29 is 19.4 Å². The first-order valence-corrected chi connectivity index (χ1v) is 8.86. The normalized spacial score (nSPS) is 11.7. The van der Waals surface area contributed by atoms with Crippen LogP contribution in [0.25, 0.3) is 16.9 Å². The van der Waals surface area contributed by atoms with Gasteiger partial charge in [-0.1, -0.05) is 18.2 Å². The van der Waals surface area contributed by atoms with Gasteiger partial charge in [-0.2, -0.15) is 5.10 Å². The Hall–Kier alpha value is -3.32. The summed E-state index contributed by atoms with van der Waals surface area (Å²) in [4.78, 5) is 12.8. The highest BCUT2D eigenvalue weighted by atomic mass is 16.5. The minimum absolute atomic E-state index is 0.153. The van der Waals surface area contributed by atoms with Crippen LogP contribution in [0.1, 0.15) is 17.3 Å². The quantitative estimate of drug-likeness (QED) is 0.657. The average molecular weight is 381 g/mol. The summed E-state index contributed by atoms with van der Waals surface area (Å²) in [6.07, 6.45) is 1.67. The first-order chi connectivity index (χ1) is 13.6. The van der Waals surface area contributed by atoms with Gasteiger partial charge in [-0.25, -0.2) is 4.68 Å². The molecule has 0 aliphatic heterocycles. The Labute approximate surface area is 163 Å². The molecule has 0 radical (unpaired) electrons. The van der Waals surface area contributed by atoms with Gasteiger partial charge in [0.05, 0.1) is 32.1 Å². The molecule has 0 saturated heterocycles. The summed E-state index contributed by atoms with van der Waals surface area (Å²) in [5.41, 5.74) is 2.35. The molecule has 28 heavy (non-hydrogen) atoms. The number of para-hydroxylation sites is 1. The molecule has 1 atom stereocenters. The first kappa shape index (κ1) is 19.4. The van der Waals surface area contributed by atoms with Crippen LogP contribution >= 0.6 is 0 Å². The van der Waals surface area contributed by atoms with Crippen LogP contribution < -0.4 is 14.8 Å². The fourth-order valence-corrected chi connectivity index (χ4v) is 2.79. The Bertz CT molecular complexity index is 954. The molecule has 0 bridgehead atoms. The van der Waals surface area contributed by atoms with Crippen LogP contribution in [0.15, 0.2) is 54.7 Å². The largest absolute Gasteiger partial charge is 0.497 e. The maximum absolute atomic E-state index is 12.8. The van der Waals surface area contributed by atoms with E-state index in [0.29, 0.717) is 28.3 Å². The fraction of sp³-hybridized carbons (Fsp3) is 0.238. The van der Waals surface area contributed by atoms with Gasteiger partial charge in [-0.15, -0.1) is 0 Å². The van der Waals surface area contributed by atoms with E-state index >= 15 is 0 Å². The maximum Gasteiger partial charge on any atom is 0.255 e. The lowest BCUT2D eigenvalue weighted by molar-refractivity contribution is 0.0923. The highest BCUT2D eigenvalue weighted by Gasteiger charge is 2.22. The van der Waals surface area contributed by atoms with Gasteiger partial charge in [0.15, 0.2) is 0 Å². The van der Waals surface area contributed by atoms with Crippen molar-refractivity contribution in [3.05, 3.63) is 60.3 Å². The topological polar surface area (TPSA) is 85.6 Å². The minimum Gasteiger partial charge on any atom is -0.497 e. The molecule has 0 fully saturated rings. The molecule has 3 rings (SSSR count). The number of hydrogen-bond donors (Lipinski definition) is 2. The van der Waals surface area contributed by atoms with Crippen molar-refractivity contribution in [1.82, 2.24) is 15.1 Å². The predicted octanol–water partition coefficient (Wildman–Crippen LogP) is 2.67. The Morgan fingerprint density at radius 2 is 1.93 bits per heavy atom. The van der Waals surface area contributed by atoms with E-state index in [0.717, 1.165) is 5.69 Å². The van der Waals surface area contributed by atoms with Gasteiger partial charge in [0.2, 0.25) is 0 Å². The molecule has 2 aromatic carbocycles. The first-order valence-electron chi connectivity index (χ1n) is 8.86. The number of nitrogens with one attached hydrogen (secondary N) is 1. The number of methoxy groups -OCH3 is 2. The zero-order valence-corrected chi connectivity index (χ0v) is 16.0. The van der Waals surface area contributed by atoms with Crippen molar-refractivity contribution in [2.24, 2.45) is 0 Å².